The maximum atomic E-state index is 6.11. The van der Waals surface area contributed by atoms with E-state index in [0.29, 0.717) is 10.0 Å². The lowest BCUT2D eigenvalue weighted by molar-refractivity contribution is 0.0374. The Balaban J connectivity index is 1.55. The minimum absolute atomic E-state index is 0.605. The molecule has 0 aliphatic carbocycles. The highest BCUT2D eigenvalue weighted by atomic mass is 35.5. The van der Waals surface area contributed by atoms with Crippen LogP contribution >= 0.6 is 23.2 Å². The van der Waals surface area contributed by atoms with Crippen molar-refractivity contribution in [2.24, 2.45) is 0 Å². The van der Waals surface area contributed by atoms with Gasteiger partial charge in [-0.1, -0.05) is 29.3 Å². The molecule has 124 valence electrons. The molecule has 0 N–H and O–H groups in total. The van der Waals surface area contributed by atoms with E-state index in [1.807, 2.05) is 18.2 Å². The molecular weight excluding hydrogens is 331 g/mol. The number of hydrogen-bond acceptors (Lipinski definition) is 2. The maximum Gasteiger partial charge on any atom is 0.0595 e. The minimum Gasteiger partial charge on any atom is -0.379 e. The molecule has 2 aromatic rings. The Morgan fingerprint density at radius 1 is 1.04 bits per heavy atom. The first-order valence-electron chi connectivity index (χ1n) is 8.10. The van der Waals surface area contributed by atoms with Crippen LogP contribution in [0.1, 0.15) is 17.7 Å². The number of halogens is 2. The topological polar surface area (TPSA) is 17.4 Å². The second-order valence-corrected chi connectivity index (χ2v) is 6.75. The van der Waals surface area contributed by atoms with Crippen molar-refractivity contribution in [3.05, 3.63) is 57.8 Å². The average molecular weight is 353 g/mol. The highest BCUT2D eigenvalue weighted by molar-refractivity contribution is 6.42. The zero-order chi connectivity index (χ0) is 16.1. The van der Waals surface area contributed by atoms with Gasteiger partial charge >= 0.3 is 0 Å². The summed E-state index contributed by atoms with van der Waals surface area (Å²) in [5, 5.41) is 1.22. The summed E-state index contributed by atoms with van der Waals surface area (Å²) in [5.74, 6) is 0. The van der Waals surface area contributed by atoms with E-state index in [9.17, 15) is 0 Å². The normalized spacial score (nSPS) is 15.9. The van der Waals surface area contributed by atoms with Crippen molar-refractivity contribution in [1.29, 1.82) is 0 Å². The van der Waals surface area contributed by atoms with E-state index in [2.05, 4.69) is 27.8 Å². The van der Waals surface area contributed by atoms with Gasteiger partial charge in [0, 0.05) is 31.5 Å². The first-order chi connectivity index (χ1) is 11.2. The highest BCUT2D eigenvalue weighted by Gasteiger charge is 2.10. The minimum atomic E-state index is 0.605. The van der Waals surface area contributed by atoms with Crippen LogP contribution in [0.15, 0.2) is 36.5 Å². The van der Waals surface area contributed by atoms with Crippen LogP contribution in [0.2, 0.25) is 10.0 Å². The van der Waals surface area contributed by atoms with Gasteiger partial charge in [0.05, 0.1) is 23.3 Å². The van der Waals surface area contributed by atoms with Crippen LogP contribution in [-0.2, 0) is 17.7 Å². The summed E-state index contributed by atoms with van der Waals surface area (Å²) in [4.78, 5) is 2.48. The number of benzene rings is 1. The molecule has 1 aromatic carbocycles. The van der Waals surface area contributed by atoms with Crippen molar-refractivity contribution in [3.8, 4) is 0 Å². The molecular formula is C18H22Cl2N2O. The van der Waals surface area contributed by atoms with E-state index < -0.39 is 0 Å². The van der Waals surface area contributed by atoms with Gasteiger partial charge in [0.1, 0.15) is 0 Å². The number of ether oxygens (including phenoxy) is 1. The molecule has 0 atom stereocenters. The van der Waals surface area contributed by atoms with Gasteiger partial charge in [-0.3, -0.25) is 4.90 Å². The Kier molecular flexibility index (Phi) is 6.01. The Bertz CT molecular complexity index is 636. The summed E-state index contributed by atoms with van der Waals surface area (Å²) >= 11 is 12.1. The molecule has 0 saturated carbocycles. The van der Waals surface area contributed by atoms with E-state index in [4.69, 9.17) is 27.9 Å². The standard InChI is InChI=1S/C18H22Cl2N2O/c19-17-6-5-15(13-18(17)20)14-22-8-2-4-16(22)3-1-7-21-9-11-23-12-10-21/h2,4-6,8,13H,1,3,7,9-12,14H2. The summed E-state index contributed by atoms with van der Waals surface area (Å²) in [5.41, 5.74) is 2.54. The van der Waals surface area contributed by atoms with Crippen LogP contribution in [0.5, 0.6) is 0 Å². The van der Waals surface area contributed by atoms with Crippen LogP contribution in [0.25, 0.3) is 0 Å². The lowest BCUT2D eigenvalue weighted by Gasteiger charge is -2.26. The summed E-state index contributed by atoms with van der Waals surface area (Å²) < 4.78 is 7.68. The molecule has 0 radical (unpaired) electrons. The van der Waals surface area contributed by atoms with E-state index in [-0.39, 0.29) is 0 Å². The summed E-state index contributed by atoms with van der Waals surface area (Å²) in [6, 6.07) is 10.2. The van der Waals surface area contributed by atoms with Crippen molar-refractivity contribution in [2.75, 3.05) is 32.8 Å². The first kappa shape index (κ1) is 16.8. The number of aryl methyl sites for hydroxylation is 1. The molecule has 3 rings (SSSR count). The second-order valence-electron chi connectivity index (χ2n) is 5.93. The third-order valence-corrected chi connectivity index (χ3v) is 5.01. The predicted octanol–water partition coefficient (Wildman–Crippen LogP) is 4.11. The lowest BCUT2D eigenvalue weighted by Crippen LogP contribution is -2.37. The molecule has 2 heterocycles. The monoisotopic (exact) mass is 352 g/mol. The Labute approximate surface area is 147 Å². The van der Waals surface area contributed by atoms with E-state index in [1.165, 1.54) is 17.7 Å². The molecule has 1 saturated heterocycles. The summed E-state index contributed by atoms with van der Waals surface area (Å²) in [7, 11) is 0. The zero-order valence-corrected chi connectivity index (χ0v) is 14.7. The van der Waals surface area contributed by atoms with Gasteiger partial charge in [-0.2, -0.15) is 0 Å². The molecule has 0 spiro atoms. The van der Waals surface area contributed by atoms with Gasteiger partial charge in [-0.25, -0.2) is 0 Å². The van der Waals surface area contributed by atoms with Crippen molar-refractivity contribution >= 4 is 23.2 Å². The van der Waals surface area contributed by atoms with Crippen LogP contribution in [0, 0.1) is 0 Å². The van der Waals surface area contributed by atoms with Crippen molar-refractivity contribution < 1.29 is 4.74 Å². The molecule has 0 unspecified atom stereocenters. The maximum absolute atomic E-state index is 6.11. The fourth-order valence-electron chi connectivity index (χ4n) is 2.97. The number of aromatic nitrogens is 1. The molecule has 3 nitrogen and oxygen atoms in total. The molecule has 23 heavy (non-hydrogen) atoms. The highest BCUT2D eigenvalue weighted by Crippen LogP contribution is 2.23. The van der Waals surface area contributed by atoms with Crippen LogP contribution in [0.4, 0.5) is 0 Å². The Morgan fingerprint density at radius 2 is 1.87 bits per heavy atom. The quantitative estimate of drug-likeness (QED) is 0.778. The molecule has 1 aromatic heterocycles. The van der Waals surface area contributed by atoms with Gasteiger partial charge in [0.2, 0.25) is 0 Å². The van der Waals surface area contributed by atoms with E-state index >= 15 is 0 Å². The molecule has 1 fully saturated rings. The third kappa shape index (κ3) is 4.74. The number of morpholine rings is 1. The van der Waals surface area contributed by atoms with Crippen molar-refractivity contribution in [2.45, 2.75) is 19.4 Å². The van der Waals surface area contributed by atoms with Gasteiger partial charge in [-0.05, 0) is 49.2 Å². The zero-order valence-electron chi connectivity index (χ0n) is 13.2. The lowest BCUT2D eigenvalue weighted by atomic mass is 10.2. The summed E-state index contributed by atoms with van der Waals surface area (Å²) in [6.07, 6.45) is 4.39. The largest absolute Gasteiger partial charge is 0.379 e. The predicted molar refractivity (Wildman–Crippen MR) is 95.6 cm³/mol. The van der Waals surface area contributed by atoms with Crippen LogP contribution in [0.3, 0.4) is 0 Å². The van der Waals surface area contributed by atoms with Gasteiger partial charge in [0.15, 0.2) is 0 Å². The van der Waals surface area contributed by atoms with Gasteiger partial charge in [-0.15, -0.1) is 0 Å². The number of hydrogen-bond donors (Lipinski definition) is 0. The smallest absolute Gasteiger partial charge is 0.0595 e. The fraction of sp³-hybridized carbons (Fsp3) is 0.444. The van der Waals surface area contributed by atoms with Crippen molar-refractivity contribution in [1.82, 2.24) is 9.47 Å². The number of nitrogens with zero attached hydrogens (tertiary/aromatic N) is 2. The molecule has 1 aliphatic rings. The van der Waals surface area contributed by atoms with E-state index in [1.54, 1.807) is 0 Å². The Hall–Kier alpha value is -1.00. The van der Waals surface area contributed by atoms with Gasteiger partial charge < -0.3 is 9.30 Å². The summed E-state index contributed by atoms with van der Waals surface area (Å²) in [6.45, 7) is 5.83. The number of rotatable bonds is 6. The SMILES string of the molecule is Clc1ccc(Cn2cccc2CCCN2CCOCC2)cc1Cl. The Morgan fingerprint density at radius 3 is 2.65 bits per heavy atom. The molecule has 0 amide bonds. The second kappa shape index (κ2) is 8.20. The first-order valence-corrected chi connectivity index (χ1v) is 8.86. The van der Waals surface area contributed by atoms with E-state index in [0.717, 1.165) is 45.8 Å². The van der Waals surface area contributed by atoms with Crippen LogP contribution < -0.4 is 0 Å². The molecule has 0 bridgehead atoms. The third-order valence-electron chi connectivity index (χ3n) is 4.27. The molecule has 5 heteroatoms. The van der Waals surface area contributed by atoms with Crippen molar-refractivity contribution in [3.63, 3.8) is 0 Å². The fourth-order valence-corrected chi connectivity index (χ4v) is 3.29. The average Bonchev–Trinajstić information content (AvgIpc) is 2.99. The van der Waals surface area contributed by atoms with Crippen LogP contribution in [-0.4, -0.2) is 42.3 Å². The molecule has 1 aliphatic heterocycles. The van der Waals surface area contributed by atoms with Gasteiger partial charge in [0.25, 0.3) is 0 Å².